The van der Waals surface area contributed by atoms with Gasteiger partial charge in [0, 0.05) is 22.8 Å². The van der Waals surface area contributed by atoms with Crippen molar-refractivity contribution in [2.24, 2.45) is 0 Å². The van der Waals surface area contributed by atoms with Gasteiger partial charge in [-0.25, -0.2) is 18.8 Å². The smallest absolute Gasteiger partial charge is 0.338 e. The molecule has 37 heavy (non-hydrogen) atoms. The fraction of sp³-hybridized carbons (Fsp3) is 0.250. The lowest BCUT2D eigenvalue weighted by atomic mass is 10.0. The van der Waals surface area contributed by atoms with E-state index in [1.165, 1.54) is 32.9 Å². The van der Waals surface area contributed by atoms with Crippen molar-refractivity contribution in [1.82, 2.24) is 0 Å². The van der Waals surface area contributed by atoms with E-state index in [4.69, 9.17) is 23.7 Å². The van der Waals surface area contributed by atoms with Crippen LogP contribution in [0.5, 0.6) is 17.2 Å². The second-order valence-corrected chi connectivity index (χ2v) is 8.04. The first kappa shape index (κ1) is 28.8. The fourth-order valence-corrected chi connectivity index (χ4v) is 2.69. The molecule has 0 unspecified atom stereocenters. The number of halogens is 1. The standard InChI is InChI=1S/C28H29FO8/c1-17(2)26(30)35-11-9-33-22-13-21(14-23(16-22)34-10-12-36-27(31)18(3)4)20-7-8-25(24(29)15-20)37-28(32)19(5)6/h7-8,13-16H,1,3,5,9-12H2,2,4,6H3. The molecule has 0 aliphatic carbocycles. The summed E-state index contributed by atoms with van der Waals surface area (Å²) < 4.78 is 41.1. The number of rotatable bonds is 13. The molecule has 0 aromatic heterocycles. The average Bonchev–Trinajstić information content (AvgIpc) is 2.84. The molecule has 196 valence electrons. The van der Waals surface area contributed by atoms with Gasteiger partial charge in [0.25, 0.3) is 0 Å². The summed E-state index contributed by atoms with van der Waals surface area (Å²) in [5.41, 5.74) is 1.65. The van der Waals surface area contributed by atoms with Gasteiger partial charge in [-0.1, -0.05) is 25.8 Å². The Morgan fingerprint density at radius 3 is 1.59 bits per heavy atom. The number of benzene rings is 2. The van der Waals surface area contributed by atoms with E-state index in [1.54, 1.807) is 24.3 Å². The third kappa shape index (κ3) is 9.29. The van der Waals surface area contributed by atoms with E-state index in [9.17, 15) is 18.8 Å². The third-order valence-corrected chi connectivity index (χ3v) is 4.56. The molecule has 0 fully saturated rings. The number of hydrogen-bond donors (Lipinski definition) is 0. The lowest BCUT2D eigenvalue weighted by molar-refractivity contribution is -0.140. The Labute approximate surface area is 214 Å². The number of hydrogen-bond acceptors (Lipinski definition) is 8. The highest BCUT2D eigenvalue weighted by molar-refractivity contribution is 5.89. The predicted molar refractivity (Wildman–Crippen MR) is 135 cm³/mol. The molecule has 2 aromatic rings. The van der Waals surface area contributed by atoms with Gasteiger partial charge in [-0.15, -0.1) is 0 Å². The Bertz CT molecular complexity index is 1160. The molecule has 2 rings (SSSR count). The first-order valence-corrected chi connectivity index (χ1v) is 11.2. The van der Waals surface area contributed by atoms with E-state index < -0.39 is 23.7 Å². The predicted octanol–water partition coefficient (Wildman–Crippen LogP) is 4.97. The van der Waals surface area contributed by atoms with Crippen LogP contribution < -0.4 is 14.2 Å². The molecule has 0 N–H and O–H groups in total. The summed E-state index contributed by atoms with van der Waals surface area (Å²) in [5, 5.41) is 0. The largest absolute Gasteiger partial charge is 0.490 e. The van der Waals surface area contributed by atoms with Gasteiger partial charge in [-0.2, -0.15) is 0 Å². The van der Waals surface area contributed by atoms with Crippen LogP contribution in [0.2, 0.25) is 0 Å². The lowest BCUT2D eigenvalue weighted by Crippen LogP contribution is -2.13. The zero-order chi connectivity index (χ0) is 27.5. The van der Waals surface area contributed by atoms with Gasteiger partial charge in [0.2, 0.25) is 0 Å². The van der Waals surface area contributed by atoms with Crippen LogP contribution in [0.4, 0.5) is 4.39 Å². The van der Waals surface area contributed by atoms with Crippen LogP contribution in [-0.2, 0) is 23.9 Å². The quantitative estimate of drug-likeness (QED) is 0.161. The minimum atomic E-state index is -0.751. The van der Waals surface area contributed by atoms with E-state index in [0.717, 1.165) is 0 Å². The van der Waals surface area contributed by atoms with Crippen LogP contribution >= 0.6 is 0 Å². The molecule has 0 saturated heterocycles. The Morgan fingerprint density at radius 2 is 1.16 bits per heavy atom. The van der Waals surface area contributed by atoms with E-state index in [-0.39, 0.29) is 48.9 Å². The van der Waals surface area contributed by atoms with Crippen LogP contribution in [0.1, 0.15) is 20.8 Å². The minimum Gasteiger partial charge on any atom is -0.490 e. The molecule has 0 heterocycles. The van der Waals surface area contributed by atoms with Crippen molar-refractivity contribution < 1.29 is 42.5 Å². The molecular weight excluding hydrogens is 483 g/mol. The Balaban J connectivity index is 2.21. The van der Waals surface area contributed by atoms with Crippen molar-refractivity contribution in [2.45, 2.75) is 20.8 Å². The third-order valence-electron chi connectivity index (χ3n) is 4.56. The summed E-state index contributed by atoms with van der Waals surface area (Å²) >= 11 is 0. The van der Waals surface area contributed by atoms with Crippen molar-refractivity contribution in [3.63, 3.8) is 0 Å². The SMILES string of the molecule is C=C(C)C(=O)OCCOc1cc(OCCOC(=O)C(=C)C)cc(-c2ccc(OC(=O)C(=C)C)c(F)c2)c1. The molecule has 8 nitrogen and oxygen atoms in total. The lowest BCUT2D eigenvalue weighted by Gasteiger charge is -2.14. The normalized spacial score (nSPS) is 10.2. The maximum Gasteiger partial charge on any atom is 0.338 e. The zero-order valence-corrected chi connectivity index (χ0v) is 21.1. The molecule has 9 heteroatoms. The van der Waals surface area contributed by atoms with Gasteiger partial charge >= 0.3 is 17.9 Å². The van der Waals surface area contributed by atoms with Crippen LogP contribution in [0.15, 0.2) is 72.9 Å². The maximum absolute atomic E-state index is 14.7. The molecule has 0 radical (unpaired) electrons. The summed E-state index contributed by atoms with van der Waals surface area (Å²) in [6.07, 6.45) is 0. The van der Waals surface area contributed by atoms with Crippen molar-refractivity contribution in [3.05, 3.63) is 78.7 Å². The number of ether oxygens (including phenoxy) is 5. The number of carbonyl (C=O) groups is 3. The first-order valence-electron chi connectivity index (χ1n) is 11.2. The molecule has 0 bridgehead atoms. The highest BCUT2D eigenvalue weighted by Crippen LogP contribution is 2.32. The molecule has 0 atom stereocenters. The number of carbonyl (C=O) groups excluding carboxylic acids is 3. The zero-order valence-electron chi connectivity index (χ0n) is 21.1. The van der Waals surface area contributed by atoms with Crippen LogP contribution in [-0.4, -0.2) is 44.3 Å². The summed E-state index contributed by atoms with van der Waals surface area (Å²) in [6.45, 7) is 15.1. The van der Waals surface area contributed by atoms with Crippen molar-refractivity contribution in [1.29, 1.82) is 0 Å². The van der Waals surface area contributed by atoms with Gasteiger partial charge in [0.15, 0.2) is 11.6 Å². The molecular formula is C28H29FO8. The summed E-state index contributed by atoms with van der Waals surface area (Å²) in [6, 6.07) is 8.97. The molecule has 0 spiro atoms. The highest BCUT2D eigenvalue weighted by atomic mass is 19.1. The Kier molecular flexibility index (Phi) is 10.6. The molecule has 0 saturated carbocycles. The first-order chi connectivity index (χ1) is 17.5. The fourth-order valence-electron chi connectivity index (χ4n) is 2.69. The molecule has 0 amide bonds. The molecule has 0 aliphatic heterocycles. The molecule has 0 aliphatic rings. The van der Waals surface area contributed by atoms with Crippen molar-refractivity contribution in [3.8, 4) is 28.4 Å². The monoisotopic (exact) mass is 512 g/mol. The van der Waals surface area contributed by atoms with E-state index in [1.807, 2.05) is 0 Å². The average molecular weight is 513 g/mol. The highest BCUT2D eigenvalue weighted by Gasteiger charge is 2.13. The second kappa shape index (κ2) is 13.6. The van der Waals surface area contributed by atoms with Crippen molar-refractivity contribution >= 4 is 17.9 Å². The van der Waals surface area contributed by atoms with Gasteiger partial charge in [0.1, 0.15) is 37.9 Å². The van der Waals surface area contributed by atoms with E-state index in [0.29, 0.717) is 22.6 Å². The van der Waals surface area contributed by atoms with Gasteiger partial charge in [-0.3, -0.25) is 0 Å². The number of esters is 3. The maximum atomic E-state index is 14.7. The summed E-state index contributed by atoms with van der Waals surface area (Å²) in [4.78, 5) is 34.8. The summed E-state index contributed by atoms with van der Waals surface area (Å²) in [7, 11) is 0. The van der Waals surface area contributed by atoms with E-state index in [2.05, 4.69) is 19.7 Å². The summed E-state index contributed by atoms with van der Waals surface area (Å²) in [5.74, 6) is -2.08. The topological polar surface area (TPSA) is 97.4 Å². The van der Waals surface area contributed by atoms with E-state index >= 15 is 0 Å². The van der Waals surface area contributed by atoms with Crippen LogP contribution in [0.3, 0.4) is 0 Å². The Morgan fingerprint density at radius 1 is 0.676 bits per heavy atom. The van der Waals surface area contributed by atoms with Gasteiger partial charge in [0.05, 0.1) is 0 Å². The van der Waals surface area contributed by atoms with Gasteiger partial charge < -0.3 is 23.7 Å². The van der Waals surface area contributed by atoms with Gasteiger partial charge in [-0.05, 0) is 56.2 Å². The minimum absolute atomic E-state index is 0.0135. The van der Waals surface area contributed by atoms with Crippen LogP contribution in [0.25, 0.3) is 11.1 Å². The Hall–Kier alpha value is -4.40. The van der Waals surface area contributed by atoms with Crippen molar-refractivity contribution in [2.75, 3.05) is 26.4 Å². The second-order valence-electron chi connectivity index (χ2n) is 8.04. The van der Waals surface area contributed by atoms with Crippen LogP contribution in [0, 0.1) is 5.82 Å². The molecule has 2 aromatic carbocycles.